The van der Waals surface area contributed by atoms with Crippen molar-refractivity contribution in [2.24, 2.45) is 0 Å². The number of benzene rings is 1. The second-order valence-electron chi connectivity index (χ2n) is 6.07. The molecule has 0 radical (unpaired) electrons. The average molecular weight is 263 g/mol. The lowest BCUT2D eigenvalue weighted by molar-refractivity contribution is -0.126. The first-order valence-electron chi connectivity index (χ1n) is 6.80. The molecule has 0 spiro atoms. The zero-order valence-corrected chi connectivity index (χ0v) is 12.4. The van der Waals surface area contributed by atoms with Crippen LogP contribution in [0.25, 0.3) is 0 Å². The molecule has 0 atom stereocenters. The van der Waals surface area contributed by atoms with E-state index in [1.807, 2.05) is 32.0 Å². The molecule has 3 nitrogen and oxygen atoms in total. The van der Waals surface area contributed by atoms with Crippen LogP contribution in [0.15, 0.2) is 30.3 Å². The van der Waals surface area contributed by atoms with Crippen LogP contribution in [-0.4, -0.2) is 22.2 Å². The molecular weight excluding hydrogens is 238 g/mol. The Hall–Kier alpha value is -1.35. The topological polar surface area (TPSA) is 49.3 Å². The van der Waals surface area contributed by atoms with Crippen molar-refractivity contribution < 1.29 is 9.90 Å². The van der Waals surface area contributed by atoms with Gasteiger partial charge in [-0.25, -0.2) is 0 Å². The minimum Gasteiger partial charge on any atom is -0.388 e. The predicted octanol–water partition coefficient (Wildman–Crippen LogP) is 2.68. The minimum absolute atomic E-state index is 0.0111. The third-order valence-electron chi connectivity index (χ3n) is 3.69. The second-order valence-corrected chi connectivity index (χ2v) is 6.07. The van der Waals surface area contributed by atoms with E-state index in [-0.39, 0.29) is 5.91 Å². The molecule has 0 saturated carbocycles. The molecule has 1 aromatic carbocycles. The van der Waals surface area contributed by atoms with Gasteiger partial charge in [0.15, 0.2) is 0 Å². The molecule has 0 saturated heterocycles. The number of carbonyl (C=O) groups excluding carboxylic acids is 1. The minimum atomic E-state index is -0.942. The standard InChI is InChI=1S/C16H25NO2/c1-15(2,16(3,4)19)17-14(18)12-8-11-13-9-6-5-7-10-13/h5-7,9-10,19H,8,11-12H2,1-4H3,(H,17,18). The van der Waals surface area contributed by atoms with Crippen molar-refractivity contribution in [3.63, 3.8) is 0 Å². The molecule has 0 aliphatic carbocycles. The third kappa shape index (κ3) is 5.03. The van der Waals surface area contributed by atoms with E-state index < -0.39 is 11.1 Å². The SMILES string of the molecule is CC(C)(O)C(C)(C)NC(=O)CCCc1ccccc1. The van der Waals surface area contributed by atoms with Gasteiger partial charge in [-0.3, -0.25) is 4.79 Å². The van der Waals surface area contributed by atoms with Gasteiger partial charge in [-0.05, 0) is 46.1 Å². The first-order valence-corrected chi connectivity index (χ1v) is 6.80. The number of carbonyl (C=O) groups is 1. The van der Waals surface area contributed by atoms with Gasteiger partial charge in [-0.15, -0.1) is 0 Å². The Morgan fingerprint density at radius 3 is 2.26 bits per heavy atom. The van der Waals surface area contributed by atoms with Gasteiger partial charge in [0.05, 0.1) is 11.1 Å². The second kappa shape index (κ2) is 6.20. The highest BCUT2D eigenvalue weighted by molar-refractivity contribution is 5.76. The van der Waals surface area contributed by atoms with E-state index >= 15 is 0 Å². The molecule has 2 N–H and O–H groups in total. The van der Waals surface area contributed by atoms with E-state index in [2.05, 4.69) is 17.4 Å². The quantitative estimate of drug-likeness (QED) is 0.829. The highest BCUT2D eigenvalue weighted by atomic mass is 16.3. The zero-order valence-electron chi connectivity index (χ0n) is 12.4. The number of aliphatic hydroxyl groups is 1. The lowest BCUT2D eigenvalue weighted by atomic mass is 9.86. The van der Waals surface area contributed by atoms with Crippen molar-refractivity contribution in [2.45, 2.75) is 58.1 Å². The van der Waals surface area contributed by atoms with Crippen molar-refractivity contribution in [3.8, 4) is 0 Å². The van der Waals surface area contributed by atoms with Gasteiger partial charge in [0.1, 0.15) is 0 Å². The van der Waals surface area contributed by atoms with E-state index in [9.17, 15) is 9.90 Å². The molecule has 0 aliphatic heterocycles. The Balaban J connectivity index is 2.37. The molecule has 0 bridgehead atoms. The van der Waals surface area contributed by atoms with Gasteiger partial charge < -0.3 is 10.4 Å². The maximum atomic E-state index is 11.9. The van der Waals surface area contributed by atoms with Gasteiger partial charge in [0, 0.05) is 6.42 Å². The summed E-state index contributed by atoms with van der Waals surface area (Å²) in [6, 6.07) is 10.1. The van der Waals surface area contributed by atoms with E-state index in [4.69, 9.17) is 0 Å². The molecular formula is C16H25NO2. The van der Waals surface area contributed by atoms with Crippen LogP contribution >= 0.6 is 0 Å². The largest absolute Gasteiger partial charge is 0.388 e. The first kappa shape index (κ1) is 15.7. The number of amides is 1. The van der Waals surface area contributed by atoms with Crippen LogP contribution in [0.4, 0.5) is 0 Å². The fourth-order valence-corrected chi connectivity index (χ4v) is 1.66. The summed E-state index contributed by atoms with van der Waals surface area (Å²) in [5.41, 5.74) is -0.323. The van der Waals surface area contributed by atoms with Crippen molar-refractivity contribution >= 4 is 5.91 Å². The molecule has 1 aromatic rings. The number of aryl methyl sites for hydroxylation is 1. The lowest BCUT2D eigenvalue weighted by Crippen LogP contribution is -2.57. The van der Waals surface area contributed by atoms with Crippen molar-refractivity contribution in [1.82, 2.24) is 5.32 Å². The van der Waals surface area contributed by atoms with Gasteiger partial charge in [0.25, 0.3) is 0 Å². The number of hydrogen-bond acceptors (Lipinski definition) is 2. The zero-order chi connectivity index (χ0) is 14.5. The lowest BCUT2D eigenvalue weighted by Gasteiger charge is -2.38. The smallest absolute Gasteiger partial charge is 0.220 e. The molecule has 106 valence electrons. The van der Waals surface area contributed by atoms with E-state index in [1.54, 1.807) is 13.8 Å². The summed E-state index contributed by atoms with van der Waals surface area (Å²) in [4.78, 5) is 11.9. The number of hydrogen-bond donors (Lipinski definition) is 2. The molecule has 1 rings (SSSR count). The Labute approximate surface area is 116 Å². The van der Waals surface area contributed by atoms with Crippen molar-refractivity contribution in [2.75, 3.05) is 0 Å². The molecule has 0 aromatic heterocycles. The maximum Gasteiger partial charge on any atom is 0.220 e. The van der Waals surface area contributed by atoms with Crippen LogP contribution in [0, 0.1) is 0 Å². The summed E-state index contributed by atoms with van der Waals surface area (Å²) in [6.45, 7) is 7.08. The Morgan fingerprint density at radius 2 is 1.74 bits per heavy atom. The van der Waals surface area contributed by atoms with Crippen molar-refractivity contribution in [1.29, 1.82) is 0 Å². The number of rotatable bonds is 6. The van der Waals surface area contributed by atoms with Crippen LogP contribution in [0.2, 0.25) is 0 Å². The summed E-state index contributed by atoms with van der Waals surface area (Å²) >= 11 is 0. The fourth-order valence-electron chi connectivity index (χ4n) is 1.66. The molecule has 3 heteroatoms. The van der Waals surface area contributed by atoms with Crippen LogP contribution in [-0.2, 0) is 11.2 Å². The summed E-state index contributed by atoms with van der Waals surface area (Å²) < 4.78 is 0. The van der Waals surface area contributed by atoms with Gasteiger partial charge in [-0.2, -0.15) is 0 Å². The summed E-state index contributed by atoms with van der Waals surface area (Å²) in [7, 11) is 0. The third-order valence-corrected chi connectivity index (χ3v) is 3.69. The summed E-state index contributed by atoms with van der Waals surface area (Å²) in [6.07, 6.45) is 2.20. The van der Waals surface area contributed by atoms with Crippen LogP contribution in [0.5, 0.6) is 0 Å². The van der Waals surface area contributed by atoms with Gasteiger partial charge in [0.2, 0.25) is 5.91 Å². The molecule has 19 heavy (non-hydrogen) atoms. The molecule has 0 aliphatic rings. The first-order chi connectivity index (χ1) is 8.72. The molecule has 0 unspecified atom stereocenters. The van der Waals surface area contributed by atoms with Crippen LogP contribution < -0.4 is 5.32 Å². The Morgan fingerprint density at radius 1 is 1.16 bits per heavy atom. The fraction of sp³-hybridized carbons (Fsp3) is 0.562. The van der Waals surface area contributed by atoms with E-state index in [1.165, 1.54) is 5.56 Å². The van der Waals surface area contributed by atoms with Crippen molar-refractivity contribution in [3.05, 3.63) is 35.9 Å². The highest BCUT2D eigenvalue weighted by Crippen LogP contribution is 2.20. The monoisotopic (exact) mass is 263 g/mol. The molecule has 1 amide bonds. The Bertz CT molecular complexity index is 405. The average Bonchev–Trinajstić information content (AvgIpc) is 2.28. The van der Waals surface area contributed by atoms with E-state index in [0.29, 0.717) is 6.42 Å². The highest BCUT2D eigenvalue weighted by Gasteiger charge is 2.35. The van der Waals surface area contributed by atoms with Gasteiger partial charge >= 0.3 is 0 Å². The van der Waals surface area contributed by atoms with Crippen LogP contribution in [0.3, 0.4) is 0 Å². The Kier molecular flexibility index (Phi) is 5.12. The summed E-state index contributed by atoms with van der Waals surface area (Å²) in [5.74, 6) is -0.0111. The number of nitrogens with one attached hydrogen (secondary N) is 1. The van der Waals surface area contributed by atoms with E-state index in [0.717, 1.165) is 12.8 Å². The predicted molar refractivity (Wildman–Crippen MR) is 77.9 cm³/mol. The summed E-state index contributed by atoms with van der Waals surface area (Å²) in [5, 5.41) is 12.9. The van der Waals surface area contributed by atoms with Crippen LogP contribution in [0.1, 0.15) is 46.1 Å². The van der Waals surface area contributed by atoms with Gasteiger partial charge in [-0.1, -0.05) is 30.3 Å². The normalized spacial score (nSPS) is 12.3. The molecule has 0 fully saturated rings. The molecule has 0 heterocycles. The maximum absolute atomic E-state index is 11.9.